The Hall–Kier alpha value is -1.26. The molecule has 1 N–H and O–H groups in total. The number of hydrogen-bond acceptors (Lipinski definition) is 6. The van der Waals surface area contributed by atoms with Crippen molar-refractivity contribution in [3.63, 3.8) is 0 Å². The van der Waals surface area contributed by atoms with Gasteiger partial charge in [-0.2, -0.15) is 4.31 Å². The molecule has 0 bridgehead atoms. The van der Waals surface area contributed by atoms with Crippen LogP contribution >= 0.6 is 12.4 Å². The number of benzene rings is 1. The zero-order valence-electron chi connectivity index (χ0n) is 15.2. The lowest BCUT2D eigenvalue weighted by molar-refractivity contribution is 0.0525. The molecule has 0 aliphatic carbocycles. The van der Waals surface area contributed by atoms with Crippen molar-refractivity contribution in [1.82, 2.24) is 14.5 Å². The molecule has 2 saturated heterocycles. The van der Waals surface area contributed by atoms with Crippen LogP contribution in [-0.2, 0) is 14.8 Å². The average molecular weight is 422 g/mol. The first kappa shape index (κ1) is 22.0. The fourth-order valence-corrected chi connectivity index (χ4v) is 5.02. The Morgan fingerprint density at radius 1 is 1.26 bits per heavy atom. The number of hydrogen-bond donors (Lipinski definition) is 1. The van der Waals surface area contributed by atoms with Crippen molar-refractivity contribution in [1.29, 1.82) is 0 Å². The van der Waals surface area contributed by atoms with Gasteiger partial charge in [0.1, 0.15) is 5.82 Å². The predicted molar refractivity (Wildman–Crippen MR) is 101 cm³/mol. The monoisotopic (exact) mass is 421 g/mol. The number of nitrogens with one attached hydrogen (secondary N) is 1. The molecule has 27 heavy (non-hydrogen) atoms. The Kier molecular flexibility index (Phi) is 7.58. The highest BCUT2D eigenvalue weighted by Crippen LogP contribution is 2.25. The first-order valence-corrected chi connectivity index (χ1v) is 10.3. The van der Waals surface area contributed by atoms with E-state index in [-0.39, 0.29) is 35.5 Å². The van der Waals surface area contributed by atoms with Gasteiger partial charge in [0.15, 0.2) is 0 Å². The first-order chi connectivity index (χ1) is 12.4. The average Bonchev–Trinajstić information content (AvgIpc) is 3.13. The van der Waals surface area contributed by atoms with E-state index in [2.05, 4.69) is 10.2 Å². The van der Waals surface area contributed by atoms with Crippen molar-refractivity contribution in [2.75, 3.05) is 45.9 Å². The van der Waals surface area contributed by atoms with Crippen LogP contribution in [0.25, 0.3) is 0 Å². The minimum absolute atomic E-state index is 0. The maximum Gasteiger partial charge on any atom is 0.338 e. The lowest BCUT2D eigenvalue weighted by atomic mass is 10.2. The second kappa shape index (κ2) is 9.29. The van der Waals surface area contributed by atoms with Crippen LogP contribution in [0.4, 0.5) is 4.39 Å². The van der Waals surface area contributed by atoms with Gasteiger partial charge < -0.3 is 10.1 Å². The van der Waals surface area contributed by atoms with Crippen LogP contribution in [0.5, 0.6) is 0 Å². The van der Waals surface area contributed by atoms with E-state index in [1.807, 2.05) is 0 Å². The summed E-state index contributed by atoms with van der Waals surface area (Å²) < 4.78 is 46.0. The Balaban J connectivity index is 0.00000261. The number of carbonyl (C=O) groups excluding carboxylic acids is 1. The summed E-state index contributed by atoms with van der Waals surface area (Å²) in [7, 11) is -3.86. The van der Waals surface area contributed by atoms with Crippen LogP contribution in [0.3, 0.4) is 0 Å². The van der Waals surface area contributed by atoms with Gasteiger partial charge in [-0.05, 0) is 31.5 Å². The van der Waals surface area contributed by atoms with Crippen LogP contribution in [-0.4, -0.2) is 75.5 Å². The molecule has 2 aliphatic heterocycles. The molecular weight excluding hydrogens is 397 g/mol. The number of sulfonamides is 1. The van der Waals surface area contributed by atoms with Gasteiger partial charge >= 0.3 is 5.97 Å². The van der Waals surface area contributed by atoms with Crippen molar-refractivity contribution < 1.29 is 22.3 Å². The molecule has 1 aromatic carbocycles. The lowest BCUT2D eigenvalue weighted by Gasteiger charge is -2.32. The molecule has 0 radical (unpaired) electrons. The SMILES string of the molecule is CCOC(=O)c1cc(F)cc(S(=O)(=O)N2CCC(N3CCNCC3)C2)c1.Cl. The summed E-state index contributed by atoms with van der Waals surface area (Å²) in [4.78, 5) is 13.9. The Morgan fingerprint density at radius 3 is 2.63 bits per heavy atom. The molecule has 3 rings (SSSR count). The molecule has 0 aromatic heterocycles. The number of carbonyl (C=O) groups is 1. The highest BCUT2D eigenvalue weighted by molar-refractivity contribution is 7.89. The standard InChI is InChI=1S/C17H24FN3O4S.ClH/c1-2-25-17(22)13-9-14(18)11-16(10-13)26(23,24)21-6-3-15(12-21)20-7-4-19-5-8-20;/h9-11,15,19H,2-8,12H2,1H3;1H. The number of rotatable bonds is 5. The molecular formula is C17H25ClFN3O4S. The van der Waals surface area contributed by atoms with Gasteiger partial charge in [-0.3, -0.25) is 4.90 Å². The van der Waals surface area contributed by atoms with Crippen molar-refractivity contribution in [3.05, 3.63) is 29.6 Å². The van der Waals surface area contributed by atoms with Gasteiger partial charge in [-0.1, -0.05) is 0 Å². The second-order valence-corrected chi connectivity index (χ2v) is 8.43. The van der Waals surface area contributed by atoms with E-state index in [0.717, 1.165) is 44.7 Å². The molecule has 0 spiro atoms. The minimum atomic E-state index is -3.86. The zero-order valence-corrected chi connectivity index (χ0v) is 16.8. The molecule has 2 heterocycles. The van der Waals surface area contributed by atoms with E-state index < -0.39 is 21.8 Å². The number of piperazine rings is 1. The van der Waals surface area contributed by atoms with Crippen molar-refractivity contribution in [3.8, 4) is 0 Å². The third-order valence-electron chi connectivity index (χ3n) is 4.81. The Labute approximate surface area is 165 Å². The maximum absolute atomic E-state index is 13.9. The highest BCUT2D eigenvalue weighted by Gasteiger charge is 2.36. The molecule has 2 aliphatic rings. The summed E-state index contributed by atoms with van der Waals surface area (Å²) >= 11 is 0. The minimum Gasteiger partial charge on any atom is -0.462 e. The van der Waals surface area contributed by atoms with Crippen molar-refractivity contribution in [2.45, 2.75) is 24.3 Å². The molecule has 0 saturated carbocycles. The summed E-state index contributed by atoms with van der Waals surface area (Å²) in [5.41, 5.74) is -0.0942. The lowest BCUT2D eigenvalue weighted by Crippen LogP contribution is -2.49. The quantitative estimate of drug-likeness (QED) is 0.717. The second-order valence-electron chi connectivity index (χ2n) is 6.49. The summed E-state index contributed by atoms with van der Waals surface area (Å²) in [5.74, 6) is -1.50. The summed E-state index contributed by atoms with van der Waals surface area (Å²) in [5, 5.41) is 3.28. The fraction of sp³-hybridized carbons (Fsp3) is 0.588. The zero-order chi connectivity index (χ0) is 18.7. The van der Waals surface area contributed by atoms with Gasteiger partial charge in [-0.25, -0.2) is 17.6 Å². The van der Waals surface area contributed by atoms with Gasteiger partial charge in [-0.15, -0.1) is 12.4 Å². The molecule has 0 amide bonds. The van der Waals surface area contributed by atoms with Crippen LogP contribution in [0, 0.1) is 5.82 Å². The summed E-state index contributed by atoms with van der Waals surface area (Å²) in [6.07, 6.45) is 0.749. The van der Waals surface area contributed by atoms with Gasteiger partial charge in [0.05, 0.1) is 17.1 Å². The highest BCUT2D eigenvalue weighted by atomic mass is 35.5. The van der Waals surface area contributed by atoms with Crippen molar-refractivity contribution in [2.24, 2.45) is 0 Å². The molecule has 152 valence electrons. The number of esters is 1. The van der Waals surface area contributed by atoms with Gasteiger partial charge in [0, 0.05) is 45.3 Å². The summed E-state index contributed by atoms with van der Waals surface area (Å²) in [6, 6.07) is 3.31. The van der Waals surface area contributed by atoms with E-state index in [1.165, 1.54) is 10.4 Å². The molecule has 10 heteroatoms. The third kappa shape index (κ3) is 4.97. The Bertz CT molecular complexity index is 771. The normalized spacial score (nSPS) is 21.6. The van der Waals surface area contributed by atoms with E-state index in [9.17, 15) is 17.6 Å². The predicted octanol–water partition coefficient (Wildman–Crippen LogP) is 1.09. The fourth-order valence-electron chi connectivity index (χ4n) is 3.47. The molecule has 7 nitrogen and oxygen atoms in total. The molecule has 1 atom stereocenters. The number of halogens is 2. The molecule has 1 unspecified atom stereocenters. The Morgan fingerprint density at radius 2 is 1.96 bits per heavy atom. The largest absolute Gasteiger partial charge is 0.462 e. The first-order valence-electron chi connectivity index (χ1n) is 8.84. The number of ether oxygens (including phenoxy) is 1. The number of nitrogens with zero attached hydrogens (tertiary/aromatic N) is 2. The van der Waals surface area contributed by atoms with E-state index in [0.29, 0.717) is 13.1 Å². The smallest absolute Gasteiger partial charge is 0.338 e. The van der Waals surface area contributed by atoms with E-state index in [4.69, 9.17) is 4.74 Å². The van der Waals surface area contributed by atoms with Gasteiger partial charge in [0.25, 0.3) is 0 Å². The topological polar surface area (TPSA) is 79.0 Å². The van der Waals surface area contributed by atoms with E-state index in [1.54, 1.807) is 6.92 Å². The van der Waals surface area contributed by atoms with Crippen molar-refractivity contribution >= 4 is 28.4 Å². The van der Waals surface area contributed by atoms with E-state index >= 15 is 0 Å². The summed E-state index contributed by atoms with van der Waals surface area (Å²) in [6.45, 7) is 6.13. The maximum atomic E-state index is 13.9. The molecule has 1 aromatic rings. The van der Waals surface area contributed by atoms with Gasteiger partial charge in [0.2, 0.25) is 10.0 Å². The van der Waals surface area contributed by atoms with Crippen LogP contribution < -0.4 is 5.32 Å². The van der Waals surface area contributed by atoms with Crippen LogP contribution in [0.1, 0.15) is 23.7 Å². The third-order valence-corrected chi connectivity index (χ3v) is 6.66. The van der Waals surface area contributed by atoms with Crippen LogP contribution in [0.2, 0.25) is 0 Å². The molecule has 2 fully saturated rings. The van der Waals surface area contributed by atoms with Crippen LogP contribution in [0.15, 0.2) is 23.1 Å².